The molecule has 3 rings (SSSR count). The van der Waals surface area contributed by atoms with Gasteiger partial charge in [0.05, 0.1) is 10.5 Å². The Morgan fingerprint density at radius 3 is 3.00 bits per heavy atom. The molecule has 2 aromatic heterocycles. The second-order valence-electron chi connectivity index (χ2n) is 3.78. The van der Waals surface area contributed by atoms with Crippen LogP contribution in [0.25, 0.3) is 16.8 Å². The lowest BCUT2D eigenvalue weighted by molar-refractivity contribution is 0.0689. The molecule has 5 nitrogen and oxygen atoms in total. The van der Waals surface area contributed by atoms with E-state index < -0.39 is 5.97 Å². The first kappa shape index (κ1) is 10.2. The summed E-state index contributed by atoms with van der Waals surface area (Å²) < 4.78 is 1.57. The van der Waals surface area contributed by atoms with E-state index in [0.29, 0.717) is 27.5 Å². The van der Waals surface area contributed by atoms with Gasteiger partial charge in [0.1, 0.15) is 5.52 Å². The highest BCUT2D eigenvalue weighted by Gasteiger charge is 2.19. The number of H-pyrrole nitrogens is 1. The number of carboxylic acids is 1. The van der Waals surface area contributed by atoms with Crippen molar-refractivity contribution in [2.75, 3.05) is 0 Å². The highest BCUT2D eigenvalue weighted by atomic mass is 35.5. The van der Waals surface area contributed by atoms with Gasteiger partial charge in [0.15, 0.2) is 5.69 Å². The number of fused-ring (bicyclic) bond motifs is 3. The van der Waals surface area contributed by atoms with Crippen molar-refractivity contribution in [2.45, 2.75) is 6.92 Å². The molecule has 6 heteroatoms. The molecular formula is C11H8ClN3O2. The molecule has 17 heavy (non-hydrogen) atoms. The number of benzene rings is 1. The van der Waals surface area contributed by atoms with Gasteiger partial charge in [-0.15, -0.1) is 0 Å². The number of rotatable bonds is 1. The van der Waals surface area contributed by atoms with E-state index in [2.05, 4.69) is 9.97 Å². The molecular weight excluding hydrogens is 242 g/mol. The lowest BCUT2D eigenvalue weighted by Gasteiger charge is -1.96. The van der Waals surface area contributed by atoms with Gasteiger partial charge in [-0.1, -0.05) is 17.7 Å². The second kappa shape index (κ2) is 3.24. The highest BCUT2D eigenvalue weighted by molar-refractivity contribution is 6.35. The summed E-state index contributed by atoms with van der Waals surface area (Å²) in [5, 5.41) is 9.71. The fourth-order valence-electron chi connectivity index (χ4n) is 2.03. The summed E-state index contributed by atoms with van der Waals surface area (Å²) in [6.45, 7) is 1.70. The summed E-state index contributed by atoms with van der Waals surface area (Å²) in [4.78, 5) is 18.4. The van der Waals surface area contributed by atoms with Crippen molar-refractivity contribution in [3.05, 3.63) is 34.6 Å². The number of para-hydroxylation sites is 1. The molecule has 1 aromatic carbocycles. The molecule has 0 saturated heterocycles. The van der Waals surface area contributed by atoms with Gasteiger partial charge in [0.25, 0.3) is 0 Å². The van der Waals surface area contributed by atoms with Crippen molar-refractivity contribution in [3.8, 4) is 0 Å². The molecule has 0 aliphatic heterocycles. The van der Waals surface area contributed by atoms with E-state index in [9.17, 15) is 9.90 Å². The lowest BCUT2D eigenvalue weighted by atomic mass is 10.3. The molecule has 0 bridgehead atoms. The summed E-state index contributed by atoms with van der Waals surface area (Å²) in [5.41, 5.74) is 2.05. The summed E-state index contributed by atoms with van der Waals surface area (Å²) in [5.74, 6) is -0.504. The Kier molecular flexibility index (Phi) is 1.94. The van der Waals surface area contributed by atoms with Crippen molar-refractivity contribution >= 4 is 34.4 Å². The number of aromatic carboxylic acids is 1. The van der Waals surface area contributed by atoms with Gasteiger partial charge in [0, 0.05) is 5.69 Å². The molecule has 86 valence electrons. The predicted octanol–water partition coefficient (Wildman–Crippen LogP) is 2.48. The van der Waals surface area contributed by atoms with Crippen molar-refractivity contribution < 1.29 is 9.90 Å². The smallest absolute Gasteiger partial charge is 0.354 e. The largest absolute Gasteiger partial charge is 0.477 e. The Morgan fingerprint density at radius 1 is 1.53 bits per heavy atom. The molecule has 0 fully saturated rings. The zero-order valence-corrected chi connectivity index (χ0v) is 9.62. The third-order valence-electron chi connectivity index (χ3n) is 2.72. The number of aromatic amines is 1. The number of aromatic nitrogens is 3. The molecule has 0 amide bonds. The SMILES string of the molecule is Cc1[nH]c2nc3c(Cl)cccc3n2c1C(=O)O. The zero-order chi connectivity index (χ0) is 12.2. The van der Waals surface area contributed by atoms with Crippen LogP contribution in [0.2, 0.25) is 5.02 Å². The zero-order valence-electron chi connectivity index (χ0n) is 8.86. The molecule has 2 N–H and O–H groups in total. The quantitative estimate of drug-likeness (QED) is 0.696. The molecule has 0 aliphatic rings. The Bertz CT molecular complexity index is 757. The molecule has 2 heterocycles. The van der Waals surface area contributed by atoms with E-state index in [-0.39, 0.29) is 5.69 Å². The minimum atomic E-state index is -0.993. The van der Waals surface area contributed by atoms with Gasteiger partial charge >= 0.3 is 5.97 Å². The van der Waals surface area contributed by atoms with Gasteiger partial charge in [-0.3, -0.25) is 4.40 Å². The molecule has 3 aromatic rings. The number of carbonyl (C=O) groups is 1. The second-order valence-corrected chi connectivity index (χ2v) is 4.19. The van der Waals surface area contributed by atoms with Crippen LogP contribution in [0, 0.1) is 6.92 Å². The highest BCUT2D eigenvalue weighted by Crippen LogP contribution is 2.25. The Morgan fingerprint density at radius 2 is 2.29 bits per heavy atom. The van der Waals surface area contributed by atoms with Crippen LogP contribution in [0.5, 0.6) is 0 Å². The van der Waals surface area contributed by atoms with E-state index in [4.69, 9.17) is 11.6 Å². The Balaban J connectivity index is 2.57. The van der Waals surface area contributed by atoms with Crippen LogP contribution >= 0.6 is 11.6 Å². The monoisotopic (exact) mass is 249 g/mol. The molecule has 0 aliphatic carbocycles. The van der Waals surface area contributed by atoms with E-state index in [1.54, 1.807) is 29.5 Å². The first-order valence-electron chi connectivity index (χ1n) is 4.98. The van der Waals surface area contributed by atoms with Gasteiger partial charge in [-0.25, -0.2) is 9.78 Å². The summed E-state index contributed by atoms with van der Waals surface area (Å²) >= 11 is 6.02. The van der Waals surface area contributed by atoms with Crippen LogP contribution in [0.15, 0.2) is 18.2 Å². The van der Waals surface area contributed by atoms with Crippen LogP contribution in [-0.2, 0) is 0 Å². The van der Waals surface area contributed by atoms with Crippen LogP contribution in [-0.4, -0.2) is 25.4 Å². The lowest BCUT2D eigenvalue weighted by Crippen LogP contribution is -2.02. The van der Waals surface area contributed by atoms with E-state index in [0.717, 1.165) is 0 Å². The van der Waals surface area contributed by atoms with E-state index >= 15 is 0 Å². The fourth-order valence-corrected chi connectivity index (χ4v) is 2.24. The molecule has 0 spiro atoms. The minimum absolute atomic E-state index is 0.185. The van der Waals surface area contributed by atoms with Gasteiger partial charge in [-0.05, 0) is 19.1 Å². The van der Waals surface area contributed by atoms with Crippen LogP contribution in [0.3, 0.4) is 0 Å². The molecule has 0 saturated carbocycles. The number of carboxylic acid groups (broad SMARTS) is 1. The number of imidazole rings is 2. The average molecular weight is 250 g/mol. The maximum absolute atomic E-state index is 11.2. The van der Waals surface area contributed by atoms with Crippen LogP contribution in [0.4, 0.5) is 0 Å². The fraction of sp³-hybridized carbons (Fsp3) is 0.0909. The predicted molar refractivity (Wildman–Crippen MR) is 63.8 cm³/mol. The van der Waals surface area contributed by atoms with Crippen molar-refractivity contribution in [3.63, 3.8) is 0 Å². The number of hydrogen-bond donors (Lipinski definition) is 2. The number of nitrogens with zero attached hydrogens (tertiary/aromatic N) is 2. The standard InChI is InChI=1S/C11H8ClN3O2/c1-5-9(10(16)17)15-7-4-2-3-6(12)8(7)14-11(15)13-5/h2-4H,1H3,(H,13,14)(H,16,17). The number of hydrogen-bond acceptors (Lipinski definition) is 2. The normalized spacial score (nSPS) is 11.4. The number of halogens is 1. The average Bonchev–Trinajstić information content (AvgIpc) is 2.73. The summed E-state index contributed by atoms with van der Waals surface area (Å²) in [7, 11) is 0. The first-order chi connectivity index (χ1) is 8.09. The Hall–Kier alpha value is -2.01. The van der Waals surface area contributed by atoms with Crippen molar-refractivity contribution in [1.82, 2.24) is 14.4 Å². The van der Waals surface area contributed by atoms with Crippen LogP contribution < -0.4 is 0 Å². The van der Waals surface area contributed by atoms with Crippen LogP contribution in [0.1, 0.15) is 16.2 Å². The van der Waals surface area contributed by atoms with Gasteiger partial charge < -0.3 is 10.1 Å². The van der Waals surface area contributed by atoms with Crippen molar-refractivity contribution in [1.29, 1.82) is 0 Å². The third kappa shape index (κ3) is 1.26. The molecule has 0 unspecified atom stereocenters. The molecule has 0 radical (unpaired) electrons. The maximum Gasteiger partial charge on any atom is 0.354 e. The Labute approximate surface area is 101 Å². The van der Waals surface area contributed by atoms with Gasteiger partial charge in [-0.2, -0.15) is 0 Å². The summed E-state index contributed by atoms with van der Waals surface area (Å²) in [6, 6.07) is 5.29. The van der Waals surface area contributed by atoms with E-state index in [1.807, 2.05) is 0 Å². The van der Waals surface area contributed by atoms with Gasteiger partial charge in [0.2, 0.25) is 5.78 Å². The summed E-state index contributed by atoms with van der Waals surface area (Å²) in [6.07, 6.45) is 0. The minimum Gasteiger partial charge on any atom is -0.477 e. The topological polar surface area (TPSA) is 70.4 Å². The van der Waals surface area contributed by atoms with Crippen molar-refractivity contribution in [2.24, 2.45) is 0 Å². The first-order valence-corrected chi connectivity index (χ1v) is 5.36. The third-order valence-corrected chi connectivity index (χ3v) is 3.02. The van der Waals surface area contributed by atoms with E-state index in [1.165, 1.54) is 0 Å². The number of nitrogens with one attached hydrogen (secondary N) is 1. The number of aryl methyl sites for hydroxylation is 1. The maximum atomic E-state index is 11.2. The molecule has 0 atom stereocenters.